The van der Waals surface area contributed by atoms with Crippen molar-refractivity contribution in [3.05, 3.63) is 11.6 Å². The molecule has 0 spiro atoms. The zero-order valence-electron chi connectivity index (χ0n) is 9.21. The summed E-state index contributed by atoms with van der Waals surface area (Å²) in [5, 5.41) is 0. The van der Waals surface area contributed by atoms with Gasteiger partial charge in [0.1, 0.15) is 5.78 Å². The van der Waals surface area contributed by atoms with Gasteiger partial charge in [-0.3, -0.25) is 4.79 Å². The molecule has 1 fully saturated rings. The van der Waals surface area contributed by atoms with E-state index in [-0.39, 0.29) is 6.10 Å². The van der Waals surface area contributed by atoms with Crippen LogP contribution in [0, 0.1) is 0 Å². The highest BCUT2D eigenvalue weighted by molar-refractivity contribution is 5.79. The summed E-state index contributed by atoms with van der Waals surface area (Å²) in [6, 6.07) is 0. The standard InChI is InChI=1S/C12H20O2/c1-10(2)5-3-6-11(13)9-12-7-4-8-14-12/h5,12H,3-4,6-9H2,1-2H3. The molecule has 1 aliphatic rings. The minimum atomic E-state index is 0.217. The molecule has 0 saturated carbocycles. The highest BCUT2D eigenvalue weighted by Crippen LogP contribution is 2.16. The van der Waals surface area contributed by atoms with E-state index in [4.69, 9.17) is 4.74 Å². The van der Waals surface area contributed by atoms with Crippen molar-refractivity contribution >= 4 is 5.78 Å². The Hall–Kier alpha value is -0.630. The van der Waals surface area contributed by atoms with Gasteiger partial charge in [-0.25, -0.2) is 0 Å². The third-order valence-corrected chi connectivity index (χ3v) is 2.46. The molecule has 0 aromatic heterocycles. The fourth-order valence-electron chi connectivity index (χ4n) is 1.68. The van der Waals surface area contributed by atoms with Crippen molar-refractivity contribution in [2.24, 2.45) is 0 Å². The highest BCUT2D eigenvalue weighted by atomic mass is 16.5. The number of Topliss-reactive ketones (excluding diaryl/α,β-unsaturated/α-hetero) is 1. The number of rotatable bonds is 5. The van der Waals surface area contributed by atoms with Crippen LogP contribution in [0.25, 0.3) is 0 Å². The number of allylic oxidation sites excluding steroid dienone is 2. The van der Waals surface area contributed by atoms with Crippen molar-refractivity contribution in [1.29, 1.82) is 0 Å². The maximum absolute atomic E-state index is 11.5. The van der Waals surface area contributed by atoms with Crippen molar-refractivity contribution < 1.29 is 9.53 Å². The Morgan fingerprint density at radius 1 is 1.50 bits per heavy atom. The second-order valence-corrected chi connectivity index (χ2v) is 4.20. The zero-order chi connectivity index (χ0) is 10.4. The molecule has 0 amide bonds. The SMILES string of the molecule is CC(C)=CCCC(=O)CC1CCCO1. The lowest BCUT2D eigenvalue weighted by molar-refractivity contribution is -0.121. The van der Waals surface area contributed by atoms with Gasteiger partial charge in [0, 0.05) is 19.4 Å². The summed E-state index contributed by atoms with van der Waals surface area (Å²) in [7, 11) is 0. The summed E-state index contributed by atoms with van der Waals surface area (Å²) < 4.78 is 5.41. The van der Waals surface area contributed by atoms with Crippen LogP contribution in [-0.4, -0.2) is 18.5 Å². The number of hydrogen-bond acceptors (Lipinski definition) is 2. The molecule has 1 atom stereocenters. The van der Waals surface area contributed by atoms with Crippen LogP contribution in [0.1, 0.15) is 46.0 Å². The first kappa shape index (κ1) is 11.4. The molecule has 0 aliphatic carbocycles. The average molecular weight is 196 g/mol. The Bertz CT molecular complexity index is 208. The molecule has 80 valence electrons. The molecule has 2 nitrogen and oxygen atoms in total. The Balaban J connectivity index is 2.12. The fourth-order valence-corrected chi connectivity index (χ4v) is 1.68. The van der Waals surface area contributed by atoms with E-state index >= 15 is 0 Å². The third kappa shape index (κ3) is 4.56. The van der Waals surface area contributed by atoms with E-state index in [1.807, 2.05) is 0 Å². The predicted molar refractivity (Wildman–Crippen MR) is 57.3 cm³/mol. The quantitative estimate of drug-likeness (QED) is 0.632. The lowest BCUT2D eigenvalue weighted by Gasteiger charge is -2.06. The molecule has 1 aliphatic heterocycles. The van der Waals surface area contributed by atoms with E-state index in [2.05, 4.69) is 19.9 Å². The first-order valence-electron chi connectivity index (χ1n) is 5.45. The topological polar surface area (TPSA) is 26.3 Å². The van der Waals surface area contributed by atoms with Crippen LogP contribution in [0.5, 0.6) is 0 Å². The number of carbonyl (C=O) groups is 1. The van der Waals surface area contributed by atoms with Crippen molar-refractivity contribution in [3.8, 4) is 0 Å². The van der Waals surface area contributed by atoms with Gasteiger partial charge >= 0.3 is 0 Å². The van der Waals surface area contributed by atoms with Gasteiger partial charge in [-0.1, -0.05) is 11.6 Å². The van der Waals surface area contributed by atoms with Crippen molar-refractivity contribution in [2.75, 3.05) is 6.61 Å². The second kappa shape index (κ2) is 5.97. The molecule has 1 heterocycles. The lowest BCUT2D eigenvalue weighted by atomic mass is 10.1. The van der Waals surface area contributed by atoms with E-state index in [1.165, 1.54) is 5.57 Å². The van der Waals surface area contributed by atoms with Crippen LogP contribution in [0.3, 0.4) is 0 Å². The highest BCUT2D eigenvalue weighted by Gasteiger charge is 2.18. The van der Waals surface area contributed by atoms with Gasteiger partial charge in [-0.2, -0.15) is 0 Å². The molecule has 0 N–H and O–H groups in total. The monoisotopic (exact) mass is 196 g/mol. The molecule has 0 aromatic carbocycles. The first-order valence-corrected chi connectivity index (χ1v) is 5.45. The first-order chi connectivity index (χ1) is 6.68. The van der Waals surface area contributed by atoms with E-state index < -0.39 is 0 Å². The molecule has 0 bridgehead atoms. The minimum absolute atomic E-state index is 0.217. The molecule has 2 heteroatoms. The van der Waals surface area contributed by atoms with E-state index in [0.717, 1.165) is 25.9 Å². The van der Waals surface area contributed by atoms with Crippen LogP contribution >= 0.6 is 0 Å². The van der Waals surface area contributed by atoms with E-state index in [9.17, 15) is 4.79 Å². The lowest BCUT2D eigenvalue weighted by Crippen LogP contribution is -2.11. The average Bonchev–Trinajstić information content (AvgIpc) is 2.56. The summed E-state index contributed by atoms with van der Waals surface area (Å²) >= 11 is 0. The van der Waals surface area contributed by atoms with Crippen molar-refractivity contribution in [2.45, 2.75) is 52.1 Å². The van der Waals surface area contributed by atoms with Gasteiger partial charge < -0.3 is 4.74 Å². The van der Waals surface area contributed by atoms with Gasteiger partial charge in [0.05, 0.1) is 6.10 Å². The predicted octanol–water partition coefficient (Wildman–Crippen LogP) is 2.87. The van der Waals surface area contributed by atoms with Crippen LogP contribution in [0.15, 0.2) is 11.6 Å². The van der Waals surface area contributed by atoms with Crippen molar-refractivity contribution in [1.82, 2.24) is 0 Å². The molecular weight excluding hydrogens is 176 g/mol. The number of ether oxygens (including phenoxy) is 1. The maximum atomic E-state index is 11.5. The molecular formula is C12H20O2. The third-order valence-electron chi connectivity index (χ3n) is 2.46. The van der Waals surface area contributed by atoms with E-state index in [1.54, 1.807) is 0 Å². The molecule has 0 radical (unpaired) electrons. The molecule has 1 rings (SSSR count). The Morgan fingerprint density at radius 3 is 2.86 bits per heavy atom. The second-order valence-electron chi connectivity index (χ2n) is 4.20. The summed E-state index contributed by atoms with van der Waals surface area (Å²) in [6.45, 7) is 4.96. The van der Waals surface area contributed by atoms with Gasteiger partial charge in [0.25, 0.3) is 0 Å². The Morgan fingerprint density at radius 2 is 2.29 bits per heavy atom. The number of ketones is 1. The van der Waals surface area contributed by atoms with Gasteiger partial charge in [0.15, 0.2) is 0 Å². The van der Waals surface area contributed by atoms with Gasteiger partial charge in [-0.05, 0) is 33.1 Å². The molecule has 1 saturated heterocycles. The number of carbonyl (C=O) groups excluding carboxylic acids is 1. The van der Waals surface area contributed by atoms with Crippen LogP contribution in [0.2, 0.25) is 0 Å². The van der Waals surface area contributed by atoms with E-state index in [0.29, 0.717) is 18.6 Å². The summed E-state index contributed by atoms with van der Waals surface area (Å²) in [6.07, 6.45) is 6.69. The van der Waals surface area contributed by atoms with Gasteiger partial charge in [0.2, 0.25) is 0 Å². The fraction of sp³-hybridized carbons (Fsp3) is 0.750. The summed E-state index contributed by atoms with van der Waals surface area (Å²) in [5.74, 6) is 0.342. The van der Waals surface area contributed by atoms with Crippen molar-refractivity contribution in [3.63, 3.8) is 0 Å². The Labute approximate surface area is 86.3 Å². The normalized spacial score (nSPS) is 20.9. The molecule has 14 heavy (non-hydrogen) atoms. The zero-order valence-corrected chi connectivity index (χ0v) is 9.21. The van der Waals surface area contributed by atoms with Crippen LogP contribution in [0.4, 0.5) is 0 Å². The maximum Gasteiger partial charge on any atom is 0.135 e. The summed E-state index contributed by atoms with van der Waals surface area (Å²) in [5.41, 5.74) is 1.29. The van der Waals surface area contributed by atoms with Crippen LogP contribution < -0.4 is 0 Å². The minimum Gasteiger partial charge on any atom is -0.378 e. The van der Waals surface area contributed by atoms with Gasteiger partial charge in [-0.15, -0.1) is 0 Å². The summed E-state index contributed by atoms with van der Waals surface area (Å²) in [4.78, 5) is 11.5. The molecule has 1 unspecified atom stereocenters. The largest absolute Gasteiger partial charge is 0.378 e. The smallest absolute Gasteiger partial charge is 0.135 e. The van der Waals surface area contributed by atoms with Crippen LogP contribution in [-0.2, 0) is 9.53 Å². The number of hydrogen-bond donors (Lipinski definition) is 0. The Kier molecular flexibility index (Phi) is 4.88. The molecule has 0 aromatic rings.